The fourth-order valence-corrected chi connectivity index (χ4v) is 2.59. The van der Waals surface area contributed by atoms with Crippen molar-refractivity contribution >= 4 is 29.2 Å². The van der Waals surface area contributed by atoms with Crippen LogP contribution in [0.1, 0.15) is 6.92 Å². The fraction of sp³-hybridized carbons (Fsp3) is 0.333. The third-order valence-electron chi connectivity index (χ3n) is 1.49. The average molecular weight is 199 g/mol. The lowest BCUT2D eigenvalue weighted by Gasteiger charge is -2.05. The third-order valence-corrected chi connectivity index (χ3v) is 3.35. The van der Waals surface area contributed by atoms with Gasteiger partial charge in [0.1, 0.15) is 0 Å². The molecule has 3 heteroatoms. The highest BCUT2D eigenvalue weighted by molar-refractivity contribution is 8.02. The van der Waals surface area contributed by atoms with Gasteiger partial charge < -0.3 is 5.73 Å². The lowest BCUT2D eigenvalue weighted by Crippen LogP contribution is -1.86. The number of anilines is 1. The highest BCUT2D eigenvalue weighted by atomic mass is 32.2. The second kappa shape index (κ2) is 4.67. The van der Waals surface area contributed by atoms with Crippen LogP contribution in [0.2, 0.25) is 0 Å². The van der Waals surface area contributed by atoms with Crippen molar-refractivity contribution in [1.82, 2.24) is 0 Å². The molecule has 0 spiro atoms. The molecule has 0 aromatic heterocycles. The van der Waals surface area contributed by atoms with Crippen LogP contribution in [0.15, 0.2) is 28.0 Å². The second-order valence-electron chi connectivity index (χ2n) is 2.34. The first-order chi connectivity index (χ1) is 5.77. The van der Waals surface area contributed by atoms with Gasteiger partial charge in [-0.25, -0.2) is 0 Å². The zero-order chi connectivity index (χ0) is 8.97. The van der Waals surface area contributed by atoms with Crippen LogP contribution in [0, 0.1) is 0 Å². The Morgan fingerprint density at radius 2 is 2.08 bits per heavy atom. The molecule has 0 unspecified atom stereocenters. The van der Waals surface area contributed by atoms with Crippen molar-refractivity contribution in [3.8, 4) is 0 Å². The molecule has 12 heavy (non-hydrogen) atoms. The van der Waals surface area contributed by atoms with Gasteiger partial charge in [-0.15, -0.1) is 23.5 Å². The van der Waals surface area contributed by atoms with Crippen LogP contribution >= 0.6 is 23.5 Å². The lowest BCUT2D eigenvalue weighted by molar-refractivity contribution is 1.25. The van der Waals surface area contributed by atoms with E-state index >= 15 is 0 Å². The first kappa shape index (κ1) is 9.81. The summed E-state index contributed by atoms with van der Waals surface area (Å²) in [5.74, 6) is 1.09. The molecule has 0 heterocycles. The highest BCUT2D eigenvalue weighted by Gasteiger charge is 2.00. The van der Waals surface area contributed by atoms with Crippen molar-refractivity contribution in [2.24, 2.45) is 0 Å². The summed E-state index contributed by atoms with van der Waals surface area (Å²) in [6, 6.07) is 6.07. The number of rotatable bonds is 3. The number of hydrogen-bond acceptors (Lipinski definition) is 3. The molecular weight excluding hydrogens is 186 g/mol. The van der Waals surface area contributed by atoms with Crippen molar-refractivity contribution in [3.05, 3.63) is 18.2 Å². The number of hydrogen-bond donors (Lipinski definition) is 1. The van der Waals surface area contributed by atoms with E-state index in [0.29, 0.717) is 0 Å². The molecule has 2 N–H and O–H groups in total. The van der Waals surface area contributed by atoms with E-state index in [-0.39, 0.29) is 0 Å². The minimum absolute atomic E-state index is 0.851. The predicted molar refractivity (Wildman–Crippen MR) is 59.0 cm³/mol. The van der Waals surface area contributed by atoms with E-state index < -0.39 is 0 Å². The molecule has 1 aromatic rings. The van der Waals surface area contributed by atoms with Crippen LogP contribution < -0.4 is 5.73 Å². The Hall–Kier alpha value is -0.280. The molecule has 0 fully saturated rings. The van der Waals surface area contributed by atoms with Gasteiger partial charge in [-0.2, -0.15) is 0 Å². The summed E-state index contributed by atoms with van der Waals surface area (Å²) in [6.45, 7) is 2.15. The molecule has 0 atom stereocenters. The SMILES string of the molecule is CCSc1cc(N)ccc1SC. The van der Waals surface area contributed by atoms with Gasteiger partial charge in [0.25, 0.3) is 0 Å². The van der Waals surface area contributed by atoms with Gasteiger partial charge in [0, 0.05) is 15.5 Å². The molecule has 1 rings (SSSR count). The number of benzene rings is 1. The maximum atomic E-state index is 5.69. The Morgan fingerprint density at radius 3 is 2.67 bits per heavy atom. The second-order valence-corrected chi connectivity index (χ2v) is 4.50. The molecular formula is C9H13NS2. The molecule has 0 aliphatic carbocycles. The summed E-state index contributed by atoms with van der Waals surface area (Å²) in [4.78, 5) is 2.61. The van der Waals surface area contributed by atoms with Gasteiger partial charge in [-0.1, -0.05) is 6.92 Å². The van der Waals surface area contributed by atoms with E-state index in [1.54, 1.807) is 11.8 Å². The van der Waals surface area contributed by atoms with Crippen LogP contribution in [-0.2, 0) is 0 Å². The van der Waals surface area contributed by atoms with E-state index in [4.69, 9.17) is 5.73 Å². The normalized spacial score (nSPS) is 10.2. The summed E-state index contributed by atoms with van der Waals surface area (Å²) < 4.78 is 0. The molecule has 1 nitrogen and oxygen atoms in total. The molecule has 0 bridgehead atoms. The molecule has 0 amide bonds. The predicted octanol–water partition coefficient (Wildman–Crippen LogP) is 3.10. The van der Waals surface area contributed by atoms with Gasteiger partial charge in [0.05, 0.1) is 0 Å². The Morgan fingerprint density at radius 1 is 1.33 bits per heavy atom. The van der Waals surface area contributed by atoms with E-state index in [0.717, 1.165) is 11.4 Å². The Labute approximate surface area is 82.1 Å². The first-order valence-electron chi connectivity index (χ1n) is 3.84. The fourth-order valence-electron chi connectivity index (χ4n) is 0.962. The van der Waals surface area contributed by atoms with Crippen molar-refractivity contribution < 1.29 is 0 Å². The quantitative estimate of drug-likeness (QED) is 0.598. The Kier molecular flexibility index (Phi) is 3.82. The lowest BCUT2D eigenvalue weighted by atomic mass is 10.3. The largest absolute Gasteiger partial charge is 0.399 e. The van der Waals surface area contributed by atoms with Crippen molar-refractivity contribution in [3.63, 3.8) is 0 Å². The standard InChI is InChI=1S/C9H13NS2/c1-3-12-9-6-7(10)4-5-8(9)11-2/h4-6H,3,10H2,1-2H3. The van der Waals surface area contributed by atoms with Crippen molar-refractivity contribution in [2.45, 2.75) is 16.7 Å². The molecule has 66 valence electrons. The van der Waals surface area contributed by atoms with Crippen LogP contribution in [0.4, 0.5) is 5.69 Å². The van der Waals surface area contributed by atoms with Gasteiger partial charge in [-0.3, -0.25) is 0 Å². The number of thioether (sulfide) groups is 2. The van der Waals surface area contributed by atoms with E-state index in [1.807, 2.05) is 23.9 Å². The topological polar surface area (TPSA) is 26.0 Å². The van der Waals surface area contributed by atoms with Crippen LogP contribution in [0.5, 0.6) is 0 Å². The summed E-state index contributed by atoms with van der Waals surface area (Å²) in [5.41, 5.74) is 6.54. The van der Waals surface area contributed by atoms with E-state index in [1.165, 1.54) is 9.79 Å². The first-order valence-corrected chi connectivity index (χ1v) is 6.05. The van der Waals surface area contributed by atoms with E-state index in [2.05, 4.69) is 19.2 Å². The van der Waals surface area contributed by atoms with Gasteiger partial charge in [0.2, 0.25) is 0 Å². The minimum atomic E-state index is 0.851. The van der Waals surface area contributed by atoms with Crippen LogP contribution in [0.25, 0.3) is 0 Å². The summed E-state index contributed by atoms with van der Waals surface area (Å²) in [6.07, 6.45) is 2.09. The van der Waals surface area contributed by atoms with Crippen molar-refractivity contribution in [1.29, 1.82) is 0 Å². The summed E-state index contributed by atoms with van der Waals surface area (Å²) in [7, 11) is 0. The molecule has 0 aliphatic heterocycles. The van der Waals surface area contributed by atoms with Gasteiger partial charge >= 0.3 is 0 Å². The zero-order valence-corrected chi connectivity index (χ0v) is 8.97. The molecule has 0 saturated carbocycles. The highest BCUT2D eigenvalue weighted by Crippen LogP contribution is 2.30. The molecule has 0 radical (unpaired) electrons. The Bertz CT molecular complexity index is 261. The van der Waals surface area contributed by atoms with Crippen molar-refractivity contribution in [2.75, 3.05) is 17.7 Å². The third kappa shape index (κ3) is 2.35. The molecule has 0 saturated heterocycles. The smallest absolute Gasteiger partial charge is 0.0326 e. The Balaban J connectivity index is 2.95. The maximum absolute atomic E-state index is 5.69. The van der Waals surface area contributed by atoms with Crippen LogP contribution in [0.3, 0.4) is 0 Å². The monoisotopic (exact) mass is 199 g/mol. The average Bonchev–Trinajstić information content (AvgIpc) is 2.05. The van der Waals surface area contributed by atoms with E-state index in [9.17, 15) is 0 Å². The number of nitrogen functional groups attached to an aromatic ring is 1. The number of nitrogens with two attached hydrogens (primary N) is 1. The summed E-state index contributed by atoms with van der Waals surface area (Å²) in [5, 5.41) is 0. The minimum Gasteiger partial charge on any atom is -0.399 e. The van der Waals surface area contributed by atoms with Crippen LogP contribution in [-0.4, -0.2) is 12.0 Å². The molecule has 1 aromatic carbocycles. The molecule has 0 aliphatic rings. The summed E-state index contributed by atoms with van der Waals surface area (Å²) >= 11 is 3.61. The zero-order valence-electron chi connectivity index (χ0n) is 7.33. The van der Waals surface area contributed by atoms with Gasteiger partial charge in [0.15, 0.2) is 0 Å². The maximum Gasteiger partial charge on any atom is 0.0326 e. The van der Waals surface area contributed by atoms with Gasteiger partial charge in [-0.05, 0) is 30.2 Å².